The molecule has 9 heteroatoms. The predicted molar refractivity (Wildman–Crippen MR) is 80.0 cm³/mol. The SMILES string of the molecule is O=C(Nc1ccc([N+](=O)[O-])cc1C(=O)O)c1ccc(Br)s1. The van der Waals surface area contributed by atoms with Gasteiger partial charge in [0.15, 0.2) is 0 Å². The van der Waals surface area contributed by atoms with Crippen molar-refractivity contribution in [1.29, 1.82) is 0 Å². The number of thiophene rings is 1. The number of hydrogen-bond acceptors (Lipinski definition) is 5. The van der Waals surface area contributed by atoms with Crippen LogP contribution in [-0.4, -0.2) is 21.9 Å². The zero-order valence-corrected chi connectivity index (χ0v) is 12.6. The lowest BCUT2D eigenvalue weighted by atomic mass is 10.1. The first-order valence-corrected chi connectivity index (χ1v) is 7.08. The molecule has 0 aliphatic rings. The Morgan fingerprint density at radius 2 is 2.00 bits per heavy atom. The number of benzene rings is 1. The Hall–Kier alpha value is -2.26. The average Bonchev–Trinajstić information content (AvgIpc) is 2.85. The number of carboxylic acid groups (broad SMARTS) is 1. The summed E-state index contributed by atoms with van der Waals surface area (Å²) >= 11 is 4.40. The number of nitro groups is 1. The Balaban J connectivity index is 2.33. The molecule has 0 saturated carbocycles. The Morgan fingerprint density at radius 3 is 2.52 bits per heavy atom. The van der Waals surface area contributed by atoms with E-state index < -0.39 is 16.8 Å². The number of nitro benzene ring substituents is 1. The second-order valence-electron chi connectivity index (χ2n) is 3.85. The third-order valence-corrected chi connectivity index (χ3v) is 4.11. The van der Waals surface area contributed by atoms with E-state index in [0.29, 0.717) is 4.88 Å². The second-order valence-corrected chi connectivity index (χ2v) is 6.31. The van der Waals surface area contributed by atoms with Gasteiger partial charge < -0.3 is 10.4 Å². The maximum atomic E-state index is 12.0. The fourth-order valence-corrected chi connectivity index (χ4v) is 2.83. The molecule has 1 aromatic carbocycles. The molecule has 1 amide bonds. The lowest BCUT2D eigenvalue weighted by Gasteiger charge is -2.07. The number of hydrogen-bond donors (Lipinski definition) is 2. The third-order valence-electron chi connectivity index (χ3n) is 2.49. The number of nitrogens with one attached hydrogen (secondary N) is 1. The maximum absolute atomic E-state index is 12.0. The number of anilines is 1. The summed E-state index contributed by atoms with van der Waals surface area (Å²) in [5, 5.41) is 22.2. The standard InChI is InChI=1S/C12H7BrN2O5S/c13-10-4-3-9(21-10)11(16)14-8-2-1-6(15(19)20)5-7(8)12(17)18/h1-5H,(H,14,16)(H,17,18). The molecule has 0 radical (unpaired) electrons. The maximum Gasteiger partial charge on any atom is 0.338 e. The predicted octanol–water partition coefficient (Wildman–Crippen LogP) is 3.37. The van der Waals surface area contributed by atoms with Crippen molar-refractivity contribution in [3.05, 3.63) is 54.7 Å². The molecule has 21 heavy (non-hydrogen) atoms. The van der Waals surface area contributed by atoms with Gasteiger partial charge in [-0.2, -0.15) is 0 Å². The van der Waals surface area contributed by atoms with E-state index in [-0.39, 0.29) is 16.9 Å². The highest BCUT2D eigenvalue weighted by molar-refractivity contribution is 9.11. The molecular weight excluding hydrogens is 364 g/mol. The number of nitrogens with zero attached hydrogens (tertiary/aromatic N) is 1. The zero-order valence-electron chi connectivity index (χ0n) is 10.2. The molecule has 2 N–H and O–H groups in total. The molecule has 0 spiro atoms. The first kappa shape index (κ1) is 15.1. The van der Waals surface area contributed by atoms with Gasteiger partial charge in [0.25, 0.3) is 11.6 Å². The molecule has 0 unspecified atom stereocenters. The van der Waals surface area contributed by atoms with Gasteiger partial charge in [0.2, 0.25) is 0 Å². The molecule has 1 aromatic heterocycles. The van der Waals surface area contributed by atoms with Gasteiger partial charge in [-0.1, -0.05) is 0 Å². The lowest BCUT2D eigenvalue weighted by molar-refractivity contribution is -0.384. The van der Waals surface area contributed by atoms with Crippen LogP contribution in [0.15, 0.2) is 34.1 Å². The summed E-state index contributed by atoms with van der Waals surface area (Å²) < 4.78 is 0.759. The number of aromatic carboxylic acids is 1. The summed E-state index contributed by atoms with van der Waals surface area (Å²) in [6.45, 7) is 0. The Bertz CT molecular complexity index is 743. The Kier molecular flexibility index (Phi) is 4.34. The fourth-order valence-electron chi connectivity index (χ4n) is 1.55. The van der Waals surface area contributed by atoms with Crippen LogP contribution in [-0.2, 0) is 0 Å². The third kappa shape index (κ3) is 3.44. The van der Waals surface area contributed by atoms with Gasteiger partial charge in [-0.3, -0.25) is 14.9 Å². The highest BCUT2D eigenvalue weighted by atomic mass is 79.9. The molecule has 0 fully saturated rings. The van der Waals surface area contributed by atoms with E-state index in [1.807, 2.05) is 0 Å². The number of rotatable bonds is 4. The van der Waals surface area contributed by atoms with Crippen molar-refractivity contribution in [2.45, 2.75) is 0 Å². The van der Waals surface area contributed by atoms with Crippen molar-refractivity contribution < 1.29 is 19.6 Å². The number of carbonyl (C=O) groups excluding carboxylic acids is 1. The number of carboxylic acids is 1. The van der Waals surface area contributed by atoms with Gasteiger partial charge in [-0.25, -0.2) is 4.79 Å². The molecule has 0 atom stereocenters. The van der Waals surface area contributed by atoms with Crippen LogP contribution in [0.3, 0.4) is 0 Å². The quantitative estimate of drug-likeness (QED) is 0.633. The van der Waals surface area contributed by atoms with Gasteiger partial charge in [0.05, 0.1) is 24.8 Å². The van der Waals surface area contributed by atoms with Gasteiger partial charge in [-0.15, -0.1) is 11.3 Å². The smallest absolute Gasteiger partial charge is 0.338 e. The largest absolute Gasteiger partial charge is 0.478 e. The van der Waals surface area contributed by atoms with Gasteiger partial charge in [0.1, 0.15) is 0 Å². The molecule has 0 aliphatic carbocycles. The van der Waals surface area contributed by atoms with Crippen molar-refractivity contribution in [3.63, 3.8) is 0 Å². The van der Waals surface area contributed by atoms with Crippen LogP contribution in [0.25, 0.3) is 0 Å². The summed E-state index contributed by atoms with van der Waals surface area (Å²) in [7, 11) is 0. The van der Waals surface area contributed by atoms with Crippen molar-refractivity contribution in [1.82, 2.24) is 0 Å². The van der Waals surface area contributed by atoms with Gasteiger partial charge >= 0.3 is 5.97 Å². The topological polar surface area (TPSA) is 110 Å². The van der Waals surface area contributed by atoms with E-state index in [2.05, 4.69) is 21.2 Å². The minimum Gasteiger partial charge on any atom is -0.478 e. The van der Waals surface area contributed by atoms with Crippen LogP contribution in [0, 0.1) is 10.1 Å². The average molecular weight is 371 g/mol. The Labute approximate surface area is 130 Å². The van der Waals surface area contributed by atoms with E-state index in [0.717, 1.165) is 15.9 Å². The van der Waals surface area contributed by atoms with Crippen LogP contribution in [0.1, 0.15) is 20.0 Å². The summed E-state index contributed by atoms with van der Waals surface area (Å²) in [5.74, 6) is -1.84. The van der Waals surface area contributed by atoms with Crippen molar-refractivity contribution in [2.75, 3.05) is 5.32 Å². The highest BCUT2D eigenvalue weighted by Crippen LogP contribution is 2.25. The van der Waals surface area contributed by atoms with E-state index in [9.17, 15) is 19.7 Å². The molecule has 7 nitrogen and oxygen atoms in total. The highest BCUT2D eigenvalue weighted by Gasteiger charge is 2.18. The molecule has 2 rings (SSSR count). The van der Waals surface area contributed by atoms with Crippen molar-refractivity contribution >= 4 is 50.5 Å². The summed E-state index contributed by atoms with van der Waals surface area (Å²) in [5.41, 5.74) is -0.694. The minimum atomic E-state index is -1.36. The lowest BCUT2D eigenvalue weighted by Crippen LogP contribution is -2.13. The number of carbonyl (C=O) groups is 2. The normalized spacial score (nSPS) is 10.1. The second kappa shape index (κ2) is 6.02. The summed E-state index contributed by atoms with van der Waals surface area (Å²) in [6, 6.07) is 6.50. The summed E-state index contributed by atoms with van der Waals surface area (Å²) in [4.78, 5) is 33.5. The van der Waals surface area contributed by atoms with Crippen molar-refractivity contribution in [2.24, 2.45) is 0 Å². The van der Waals surface area contributed by atoms with Crippen LogP contribution in [0.4, 0.5) is 11.4 Å². The first-order valence-electron chi connectivity index (χ1n) is 5.47. The number of halogens is 1. The van der Waals surface area contributed by atoms with Crippen molar-refractivity contribution in [3.8, 4) is 0 Å². The molecule has 108 valence electrons. The van der Waals surface area contributed by atoms with Gasteiger partial charge in [-0.05, 0) is 34.1 Å². The monoisotopic (exact) mass is 370 g/mol. The van der Waals surface area contributed by atoms with Crippen LogP contribution in [0.5, 0.6) is 0 Å². The molecule has 0 aliphatic heterocycles. The van der Waals surface area contributed by atoms with E-state index in [1.54, 1.807) is 12.1 Å². The first-order chi connectivity index (χ1) is 9.88. The van der Waals surface area contributed by atoms with E-state index in [4.69, 9.17) is 5.11 Å². The fraction of sp³-hybridized carbons (Fsp3) is 0. The zero-order chi connectivity index (χ0) is 15.6. The summed E-state index contributed by atoms with van der Waals surface area (Å²) in [6.07, 6.45) is 0. The molecule has 2 aromatic rings. The minimum absolute atomic E-state index is 0.00243. The number of non-ortho nitro benzene ring substituents is 1. The van der Waals surface area contributed by atoms with Gasteiger partial charge in [0, 0.05) is 12.1 Å². The number of amides is 1. The molecule has 1 heterocycles. The van der Waals surface area contributed by atoms with E-state index in [1.165, 1.54) is 17.4 Å². The Morgan fingerprint density at radius 1 is 1.29 bits per heavy atom. The van der Waals surface area contributed by atoms with Crippen LogP contribution in [0.2, 0.25) is 0 Å². The van der Waals surface area contributed by atoms with Crippen LogP contribution < -0.4 is 5.32 Å². The van der Waals surface area contributed by atoms with E-state index >= 15 is 0 Å². The molecule has 0 bridgehead atoms. The molecular formula is C12H7BrN2O5S. The molecule has 0 saturated heterocycles. The van der Waals surface area contributed by atoms with Crippen LogP contribution >= 0.6 is 27.3 Å².